The van der Waals surface area contributed by atoms with Gasteiger partial charge in [0.1, 0.15) is 5.82 Å². The normalized spacial score (nSPS) is 21.3. The summed E-state index contributed by atoms with van der Waals surface area (Å²) in [5.74, 6) is 1.84. The summed E-state index contributed by atoms with van der Waals surface area (Å²) in [4.78, 5) is 36.0. The Balaban J connectivity index is 1.38. The summed E-state index contributed by atoms with van der Waals surface area (Å²) < 4.78 is 1.59. The first kappa shape index (κ1) is 26.3. The second-order valence-corrected chi connectivity index (χ2v) is 11.0. The lowest BCUT2D eigenvalue weighted by molar-refractivity contribution is -0.136. The van der Waals surface area contributed by atoms with Crippen LogP contribution in [0.5, 0.6) is 0 Å². The molecule has 1 amide bonds. The first-order chi connectivity index (χ1) is 17.1. The number of benzene rings is 1. The van der Waals surface area contributed by atoms with E-state index in [0.29, 0.717) is 43.8 Å². The number of aryl methyl sites for hydroxylation is 1. The molecule has 9 heteroatoms. The molecule has 36 heavy (non-hydrogen) atoms. The Labute approximate surface area is 214 Å². The fraction of sp³-hybridized carbons (Fsp3) is 0.593. The molecule has 0 bridgehead atoms. The Morgan fingerprint density at radius 1 is 1.14 bits per heavy atom. The third-order valence-electron chi connectivity index (χ3n) is 7.68. The minimum Gasteiger partial charge on any atom is -0.353 e. The van der Waals surface area contributed by atoms with Crippen molar-refractivity contribution in [2.45, 2.75) is 39.7 Å². The van der Waals surface area contributed by atoms with Gasteiger partial charge < -0.3 is 26.2 Å². The highest BCUT2D eigenvalue weighted by molar-refractivity contribution is 5.85. The van der Waals surface area contributed by atoms with Gasteiger partial charge in [-0.25, -0.2) is 4.79 Å². The Morgan fingerprint density at radius 3 is 2.44 bits per heavy atom. The standard InChI is InChI=1S/C27H41N7O2/c1-19-15-23(6-5-21(19)7-9-31-17-20(2)22(16-28)18-31)34-10-8-24(30-26(34)36)32-11-13-33(14-12-32)25(35)27(3,4)29/h5-6,8,10,15,20,22H,7,9,11-14,16-18,28-29H2,1-4H3/t20?,22-/m1/s1. The molecule has 2 fully saturated rings. The average Bonchev–Trinajstić information content (AvgIpc) is 3.21. The summed E-state index contributed by atoms with van der Waals surface area (Å²) in [6, 6.07) is 8.06. The molecule has 2 saturated heterocycles. The largest absolute Gasteiger partial charge is 0.354 e. The smallest absolute Gasteiger partial charge is 0.353 e. The Kier molecular flexibility index (Phi) is 7.82. The molecule has 3 heterocycles. The van der Waals surface area contributed by atoms with Gasteiger partial charge in [-0.1, -0.05) is 13.0 Å². The first-order valence-corrected chi connectivity index (χ1v) is 13.0. The van der Waals surface area contributed by atoms with Crippen LogP contribution in [-0.4, -0.2) is 83.2 Å². The lowest BCUT2D eigenvalue weighted by Gasteiger charge is -2.37. The van der Waals surface area contributed by atoms with Gasteiger partial charge in [-0.3, -0.25) is 9.36 Å². The van der Waals surface area contributed by atoms with E-state index in [1.54, 1.807) is 29.5 Å². The van der Waals surface area contributed by atoms with Crippen LogP contribution < -0.4 is 22.1 Å². The number of nitrogens with zero attached hydrogens (tertiary/aromatic N) is 5. The monoisotopic (exact) mass is 495 g/mol. The van der Waals surface area contributed by atoms with Crippen LogP contribution in [0.2, 0.25) is 0 Å². The molecule has 4 rings (SSSR count). The zero-order valence-electron chi connectivity index (χ0n) is 22.1. The van der Waals surface area contributed by atoms with Gasteiger partial charge in [-0.15, -0.1) is 0 Å². The summed E-state index contributed by atoms with van der Waals surface area (Å²) in [5.41, 5.74) is 14.0. The van der Waals surface area contributed by atoms with Gasteiger partial charge in [0.25, 0.3) is 0 Å². The van der Waals surface area contributed by atoms with Crippen molar-refractivity contribution in [2.75, 3.05) is 57.3 Å². The molecule has 9 nitrogen and oxygen atoms in total. The van der Waals surface area contributed by atoms with Crippen molar-refractivity contribution in [3.8, 4) is 5.69 Å². The predicted molar refractivity (Wildman–Crippen MR) is 143 cm³/mol. The molecule has 0 saturated carbocycles. The van der Waals surface area contributed by atoms with E-state index in [-0.39, 0.29) is 11.6 Å². The maximum atomic E-state index is 12.9. The second-order valence-electron chi connectivity index (χ2n) is 11.0. The number of likely N-dealkylation sites (tertiary alicyclic amines) is 1. The second kappa shape index (κ2) is 10.7. The van der Waals surface area contributed by atoms with Crippen molar-refractivity contribution in [2.24, 2.45) is 23.3 Å². The highest BCUT2D eigenvalue weighted by atomic mass is 16.2. The number of hydrogen-bond donors (Lipinski definition) is 2. The molecular weight excluding hydrogens is 454 g/mol. The van der Waals surface area contributed by atoms with Gasteiger partial charge in [0, 0.05) is 52.0 Å². The average molecular weight is 496 g/mol. The molecule has 1 aromatic carbocycles. The SMILES string of the molecule is Cc1cc(-n2ccc(N3CCN(C(=O)C(C)(C)N)CC3)nc2=O)ccc1CCN1CC(C)[C@H](CN)C1. The van der Waals surface area contributed by atoms with E-state index >= 15 is 0 Å². The molecule has 196 valence electrons. The van der Waals surface area contributed by atoms with Gasteiger partial charge in [-0.2, -0.15) is 4.98 Å². The van der Waals surface area contributed by atoms with Gasteiger partial charge in [0.2, 0.25) is 5.91 Å². The fourth-order valence-electron chi connectivity index (χ4n) is 5.33. The number of hydrogen-bond acceptors (Lipinski definition) is 7. The molecule has 0 aliphatic carbocycles. The highest BCUT2D eigenvalue weighted by Gasteiger charge is 2.31. The summed E-state index contributed by atoms with van der Waals surface area (Å²) in [6.45, 7) is 14.2. The van der Waals surface area contributed by atoms with Crippen LogP contribution >= 0.6 is 0 Å². The van der Waals surface area contributed by atoms with E-state index in [2.05, 4.69) is 35.9 Å². The third-order valence-corrected chi connectivity index (χ3v) is 7.68. The van der Waals surface area contributed by atoms with E-state index < -0.39 is 5.54 Å². The van der Waals surface area contributed by atoms with Gasteiger partial charge >= 0.3 is 5.69 Å². The van der Waals surface area contributed by atoms with Crippen LogP contribution in [0, 0.1) is 18.8 Å². The molecule has 0 radical (unpaired) electrons. The van der Waals surface area contributed by atoms with Crippen LogP contribution in [0.3, 0.4) is 0 Å². The van der Waals surface area contributed by atoms with Gasteiger partial charge in [0.05, 0.1) is 11.2 Å². The molecule has 0 spiro atoms. The van der Waals surface area contributed by atoms with E-state index in [1.807, 2.05) is 17.0 Å². The topological polar surface area (TPSA) is 114 Å². The maximum absolute atomic E-state index is 12.9. The Bertz CT molecular complexity index is 1130. The lowest BCUT2D eigenvalue weighted by Crippen LogP contribution is -2.57. The quantitative estimate of drug-likeness (QED) is 0.589. The van der Waals surface area contributed by atoms with Crippen LogP contribution in [0.15, 0.2) is 35.3 Å². The van der Waals surface area contributed by atoms with E-state index in [0.717, 1.165) is 38.3 Å². The van der Waals surface area contributed by atoms with Crippen molar-refractivity contribution in [1.82, 2.24) is 19.4 Å². The predicted octanol–water partition coefficient (Wildman–Crippen LogP) is 0.996. The van der Waals surface area contributed by atoms with Crippen LogP contribution in [-0.2, 0) is 11.2 Å². The highest BCUT2D eigenvalue weighted by Crippen LogP contribution is 2.23. The lowest BCUT2D eigenvalue weighted by atomic mass is 9.99. The molecule has 1 unspecified atom stereocenters. The fourth-order valence-corrected chi connectivity index (χ4v) is 5.33. The van der Waals surface area contributed by atoms with Crippen molar-refractivity contribution < 1.29 is 4.79 Å². The summed E-state index contributed by atoms with van der Waals surface area (Å²) in [6.07, 6.45) is 2.77. The molecule has 1 aromatic heterocycles. The molecule has 4 N–H and O–H groups in total. The molecule has 2 aromatic rings. The number of rotatable bonds is 7. The number of amides is 1. The number of piperazine rings is 1. The summed E-state index contributed by atoms with van der Waals surface area (Å²) in [7, 11) is 0. The first-order valence-electron chi connectivity index (χ1n) is 13.0. The number of carbonyl (C=O) groups excluding carboxylic acids is 1. The minimum atomic E-state index is -0.880. The maximum Gasteiger partial charge on any atom is 0.354 e. The van der Waals surface area contributed by atoms with Crippen LogP contribution in [0.4, 0.5) is 5.82 Å². The zero-order valence-corrected chi connectivity index (χ0v) is 22.1. The number of anilines is 1. The van der Waals surface area contributed by atoms with Crippen molar-refractivity contribution in [3.63, 3.8) is 0 Å². The molecule has 2 aliphatic heterocycles. The van der Waals surface area contributed by atoms with Crippen LogP contribution in [0.1, 0.15) is 31.9 Å². The Hall–Kier alpha value is -2.75. The van der Waals surface area contributed by atoms with Crippen molar-refractivity contribution >= 4 is 11.7 Å². The van der Waals surface area contributed by atoms with Crippen molar-refractivity contribution in [3.05, 3.63) is 52.1 Å². The third kappa shape index (κ3) is 5.79. The number of aromatic nitrogens is 2. The van der Waals surface area contributed by atoms with E-state index in [1.165, 1.54) is 11.1 Å². The molecule has 2 aliphatic rings. The van der Waals surface area contributed by atoms with Crippen molar-refractivity contribution in [1.29, 1.82) is 0 Å². The molecular formula is C27H41N7O2. The van der Waals surface area contributed by atoms with Gasteiger partial charge in [-0.05, 0) is 74.9 Å². The minimum absolute atomic E-state index is 0.0564. The van der Waals surface area contributed by atoms with Crippen LogP contribution in [0.25, 0.3) is 5.69 Å². The summed E-state index contributed by atoms with van der Waals surface area (Å²) >= 11 is 0. The summed E-state index contributed by atoms with van der Waals surface area (Å²) in [5, 5.41) is 0. The zero-order chi connectivity index (χ0) is 26.0. The Morgan fingerprint density at radius 2 is 1.86 bits per heavy atom. The number of carbonyl (C=O) groups is 1. The van der Waals surface area contributed by atoms with E-state index in [4.69, 9.17) is 11.5 Å². The number of nitrogens with two attached hydrogens (primary N) is 2. The molecule has 2 atom stereocenters. The van der Waals surface area contributed by atoms with E-state index in [9.17, 15) is 9.59 Å². The van der Waals surface area contributed by atoms with Gasteiger partial charge in [0.15, 0.2) is 0 Å².